The van der Waals surface area contributed by atoms with Crippen molar-refractivity contribution in [2.24, 2.45) is 0 Å². The zero-order chi connectivity index (χ0) is 13.7. The number of esters is 1. The lowest BCUT2D eigenvalue weighted by Crippen LogP contribution is -2.10. The lowest BCUT2D eigenvalue weighted by molar-refractivity contribution is 0.0521. The molecule has 100 valence electrons. The second kappa shape index (κ2) is 6.14. The molecular formula is C13H18O5. The molecule has 1 rings (SSSR count). The van der Waals surface area contributed by atoms with Crippen molar-refractivity contribution >= 4 is 5.97 Å². The van der Waals surface area contributed by atoms with Gasteiger partial charge in [-0.3, -0.25) is 0 Å². The highest BCUT2D eigenvalue weighted by Gasteiger charge is 2.24. The summed E-state index contributed by atoms with van der Waals surface area (Å²) < 4.78 is 20.7. The number of rotatable bonds is 5. The van der Waals surface area contributed by atoms with Gasteiger partial charge in [-0.15, -0.1) is 0 Å². The summed E-state index contributed by atoms with van der Waals surface area (Å²) in [5.74, 6) is 0.786. The van der Waals surface area contributed by atoms with Crippen LogP contribution in [0.25, 0.3) is 0 Å². The molecule has 0 N–H and O–H groups in total. The van der Waals surface area contributed by atoms with Crippen LogP contribution in [0.2, 0.25) is 0 Å². The zero-order valence-corrected chi connectivity index (χ0v) is 11.3. The van der Waals surface area contributed by atoms with Gasteiger partial charge in [0.05, 0.1) is 27.9 Å². The minimum Gasteiger partial charge on any atom is -0.493 e. The second-order valence-corrected chi connectivity index (χ2v) is 3.56. The molecule has 1 aromatic carbocycles. The van der Waals surface area contributed by atoms with Crippen LogP contribution < -0.4 is 14.2 Å². The molecule has 1 aromatic rings. The van der Waals surface area contributed by atoms with Gasteiger partial charge in [-0.05, 0) is 25.5 Å². The maximum Gasteiger partial charge on any atom is 0.342 e. The number of carbonyl (C=O) groups is 1. The van der Waals surface area contributed by atoms with E-state index >= 15 is 0 Å². The van der Waals surface area contributed by atoms with Gasteiger partial charge < -0.3 is 18.9 Å². The Morgan fingerprint density at radius 3 is 2.17 bits per heavy atom. The average Bonchev–Trinajstić information content (AvgIpc) is 2.37. The van der Waals surface area contributed by atoms with Gasteiger partial charge in [-0.2, -0.15) is 0 Å². The third-order valence-electron chi connectivity index (χ3n) is 2.51. The molecule has 0 unspecified atom stereocenters. The van der Waals surface area contributed by atoms with E-state index in [9.17, 15) is 4.79 Å². The summed E-state index contributed by atoms with van der Waals surface area (Å²) in [6.45, 7) is 3.84. The SMILES string of the molecule is CCOC(=O)c1c(C)cc(OC)c(OC)c1OC. The Labute approximate surface area is 107 Å². The third-order valence-corrected chi connectivity index (χ3v) is 2.51. The van der Waals surface area contributed by atoms with Crippen molar-refractivity contribution in [3.63, 3.8) is 0 Å². The summed E-state index contributed by atoms with van der Waals surface area (Å²) >= 11 is 0. The maximum absolute atomic E-state index is 11.9. The summed E-state index contributed by atoms with van der Waals surface area (Å²) in [4.78, 5) is 11.9. The zero-order valence-electron chi connectivity index (χ0n) is 11.3. The first kappa shape index (κ1) is 14.2. The monoisotopic (exact) mass is 254 g/mol. The predicted octanol–water partition coefficient (Wildman–Crippen LogP) is 2.20. The van der Waals surface area contributed by atoms with Crippen LogP contribution >= 0.6 is 0 Å². The highest BCUT2D eigenvalue weighted by molar-refractivity contribution is 5.96. The molecule has 0 atom stereocenters. The third kappa shape index (κ3) is 2.50. The van der Waals surface area contributed by atoms with Gasteiger partial charge in [0, 0.05) is 0 Å². The molecular weight excluding hydrogens is 236 g/mol. The van der Waals surface area contributed by atoms with Crippen LogP contribution in [0.1, 0.15) is 22.8 Å². The van der Waals surface area contributed by atoms with Gasteiger partial charge in [0.1, 0.15) is 5.56 Å². The van der Waals surface area contributed by atoms with E-state index in [1.807, 2.05) is 0 Å². The van der Waals surface area contributed by atoms with Gasteiger partial charge in [-0.1, -0.05) is 0 Å². The van der Waals surface area contributed by atoms with Crippen LogP contribution in [0.3, 0.4) is 0 Å². The molecule has 0 aliphatic heterocycles. The number of hydrogen-bond donors (Lipinski definition) is 0. The Morgan fingerprint density at radius 1 is 1.11 bits per heavy atom. The van der Waals surface area contributed by atoms with Crippen molar-refractivity contribution in [2.45, 2.75) is 13.8 Å². The Hall–Kier alpha value is -1.91. The molecule has 0 fully saturated rings. The van der Waals surface area contributed by atoms with Crippen molar-refractivity contribution in [1.29, 1.82) is 0 Å². The van der Waals surface area contributed by atoms with Crippen molar-refractivity contribution in [2.75, 3.05) is 27.9 Å². The minimum atomic E-state index is -0.437. The molecule has 0 aromatic heterocycles. The molecule has 5 heteroatoms. The molecule has 0 spiro atoms. The average molecular weight is 254 g/mol. The van der Waals surface area contributed by atoms with E-state index in [4.69, 9.17) is 18.9 Å². The number of aryl methyl sites for hydroxylation is 1. The van der Waals surface area contributed by atoms with Crippen molar-refractivity contribution in [1.82, 2.24) is 0 Å². The largest absolute Gasteiger partial charge is 0.493 e. The molecule has 0 heterocycles. The van der Waals surface area contributed by atoms with Crippen LogP contribution in [0.5, 0.6) is 17.2 Å². The molecule has 0 saturated carbocycles. The maximum atomic E-state index is 11.9. The predicted molar refractivity (Wildman–Crippen MR) is 66.8 cm³/mol. The highest BCUT2D eigenvalue weighted by atomic mass is 16.5. The normalized spacial score (nSPS) is 9.83. The molecule has 0 bridgehead atoms. The fraction of sp³-hybridized carbons (Fsp3) is 0.462. The van der Waals surface area contributed by atoms with Crippen molar-refractivity contribution in [3.8, 4) is 17.2 Å². The molecule has 5 nitrogen and oxygen atoms in total. The Balaban J connectivity index is 3.45. The Morgan fingerprint density at radius 2 is 1.72 bits per heavy atom. The number of methoxy groups -OCH3 is 3. The molecule has 0 radical (unpaired) electrons. The lowest BCUT2D eigenvalue weighted by atomic mass is 10.1. The first-order valence-corrected chi connectivity index (χ1v) is 5.57. The van der Waals surface area contributed by atoms with E-state index in [0.29, 0.717) is 35.0 Å². The van der Waals surface area contributed by atoms with Gasteiger partial charge in [0.15, 0.2) is 11.5 Å². The number of ether oxygens (including phenoxy) is 4. The first-order valence-electron chi connectivity index (χ1n) is 5.57. The van der Waals surface area contributed by atoms with Crippen molar-refractivity contribution < 1.29 is 23.7 Å². The van der Waals surface area contributed by atoms with E-state index in [-0.39, 0.29) is 0 Å². The van der Waals surface area contributed by atoms with Gasteiger partial charge in [0.2, 0.25) is 5.75 Å². The molecule has 0 aliphatic carbocycles. The molecule has 18 heavy (non-hydrogen) atoms. The quantitative estimate of drug-likeness (QED) is 0.754. The summed E-state index contributed by atoms with van der Waals surface area (Å²) in [5, 5.41) is 0. The minimum absolute atomic E-state index is 0.301. The van der Waals surface area contributed by atoms with Crippen LogP contribution in [-0.2, 0) is 4.74 Å². The number of carbonyl (C=O) groups excluding carboxylic acids is 1. The topological polar surface area (TPSA) is 54.0 Å². The van der Waals surface area contributed by atoms with Crippen molar-refractivity contribution in [3.05, 3.63) is 17.2 Å². The van der Waals surface area contributed by atoms with E-state index in [1.54, 1.807) is 19.9 Å². The standard InChI is InChI=1S/C13H18O5/c1-6-18-13(14)10-8(2)7-9(15-3)11(16-4)12(10)17-5/h7H,6H2,1-5H3. The fourth-order valence-corrected chi connectivity index (χ4v) is 1.74. The second-order valence-electron chi connectivity index (χ2n) is 3.56. The summed E-state index contributed by atoms with van der Waals surface area (Å²) in [6.07, 6.45) is 0. The lowest BCUT2D eigenvalue weighted by Gasteiger charge is -2.17. The van der Waals surface area contributed by atoms with Gasteiger partial charge in [-0.25, -0.2) is 4.79 Å². The van der Waals surface area contributed by atoms with Crippen LogP contribution in [-0.4, -0.2) is 33.9 Å². The Kier molecular flexibility index (Phi) is 4.83. The first-order chi connectivity index (χ1) is 8.60. The summed E-state index contributed by atoms with van der Waals surface area (Å²) in [5.41, 5.74) is 1.07. The van der Waals surface area contributed by atoms with Gasteiger partial charge in [0.25, 0.3) is 0 Å². The number of benzene rings is 1. The fourth-order valence-electron chi connectivity index (χ4n) is 1.74. The number of hydrogen-bond acceptors (Lipinski definition) is 5. The molecule has 0 amide bonds. The van der Waals surface area contributed by atoms with Crippen LogP contribution in [0, 0.1) is 6.92 Å². The van der Waals surface area contributed by atoms with Gasteiger partial charge >= 0.3 is 5.97 Å². The summed E-state index contributed by atoms with van der Waals surface area (Å²) in [6, 6.07) is 1.72. The smallest absolute Gasteiger partial charge is 0.342 e. The van der Waals surface area contributed by atoms with Crippen LogP contribution in [0.15, 0.2) is 6.07 Å². The van der Waals surface area contributed by atoms with E-state index < -0.39 is 5.97 Å². The van der Waals surface area contributed by atoms with Crippen LogP contribution in [0.4, 0.5) is 0 Å². The van der Waals surface area contributed by atoms with E-state index in [0.717, 1.165) is 0 Å². The summed E-state index contributed by atoms with van der Waals surface area (Å²) in [7, 11) is 4.49. The Bertz CT molecular complexity index is 439. The highest BCUT2D eigenvalue weighted by Crippen LogP contribution is 2.41. The molecule has 0 saturated heterocycles. The molecule has 0 aliphatic rings. The van der Waals surface area contributed by atoms with E-state index in [2.05, 4.69) is 0 Å². The van der Waals surface area contributed by atoms with E-state index in [1.165, 1.54) is 21.3 Å².